The molecule has 98 valence electrons. The molecule has 0 spiro atoms. The highest BCUT2D eigenvalue weighted by Crippen LogP contribution is 2.43. The predicted molar refractivity (Wildman–Crippen MR) is 73.6 cm³/mol. The molecule has 18 heavy (non-hydrogen) atoms. The molecule has 1 saturated heterocycles. The van der Waals surface area contributed by atoms with E-state index in [9.17, 15) is 0 Å². The topological polar surface area (TPSA) is 35.2 Å². The van der Waals surface area contributed by atoms with Crippen molar-refractivity contribution in [3.63, 3.8) is 0 Å². The van der Waals surface area contributed by atoms with Gasteiger partial charge >= 0.3 is 0 Å². The van der Waals surface area contributed by atoms with Crippen LogP contribution in [-0.4, -0.2) is 18.2 Å². The molecule has 2 unspecified atom stereocenters. The van der Waals surface area contributed by atoms with Crippen molar-refractivity contribution in [2.45, 2.75) is 51.2 Å². The number of aryl methyl sites for hydroxylation is 2. The zero-order chi connectivity index (χ0) is 12.8. The van der Waals surface area contributed by atoms with Crippen molar-refractivity contribution in [3.05, 3.63) is 34.9 Å². The van der Waals surface area contributed by atoms with Crippen LogP contribution in [0, 0.1) is 19.8 Å². The molecule has 2 nitrogen and oxygen atoms in total. The molecule has 2 N–H and O–H groups in total. The maximum absolute atomic E-state index is 6.64. The summed E-state index contributed by atoms with van der Waals surface area (Å²) in [6.07, 6.45) is 4.85. The molecule has 2 aliphatic rings. The highest BCUT2D eigenvalue weighted by Gasteiger charge is 2.48. The van der Waals surface area contributed by atoms with Gasteiger partial charge in [0, 0.05) is 12.1 Å². The summed E-state index contributed by atoms with van der Waals surface area (Å²) in [5.41, 5.74) is 10.6. The molecule has 0 aromatic heterocycles. The summed E-state index contributed by atoms with van der Waals surface area (Å²) in [4.78, 5) is 0. The Morgan fingerprint density at radius 2 is 2.06 bits per heavy atom. The van der Waals surface area contributed by atoms with E-state index in [1.54, 1.807) is 0 Å². The van der Waals surface area contributed by atoms with Crippen LogP contribution in [0.5, 0.6) is 0 Å². The Balaban J connectivity index is 1.79. The van der Waals surface area contributed by atoms with Crippen LogP contribution in [0.15, 0.2) is 18.2 Å². The van der Waals surface area contributed by atoms with Crippen LogP contribution < -0.4 is 5.73 Å². The summed E-state index contributed by atoms with van der Waals surface area (Å²) >= 11 is 0. The number of hydrogen-bond acceptors (Lipinski definition) is 2. The third-order valence-electron chi connectivity index (χ3n) is 4.59. The van der Waals surface area contributed by atoms with E-state index in [0.29, 0.717) is 6.10 Å². The number of hydrogen-bond donors (Lipinski definition) is 1. The first-order valence-electron chi connectivity index (χ1n) is 7.05. The summed E-state index contributed by atoms with van der Waals surface area (Å²) in [7, 11) is 0. The Morgan fingerprint density at radius 1 is 1.28 bits per heavy atom. The first-order chi connectivity index (χ1) is 8.58. The van der Waals surface area contributed by atoms with Crippen LogP contribution in [0.2, 0.25) is 0 Å². The third kappa shape index (κ3) is 2.19. The van der Waals surface area contributed by atoms with Crippen molar-refractivity contribution in [1.29, 1.82) is 0 Å². The fourth-order valence-electron chi connectivity index (χ4n) is 3.17. The predicted octanol–water partition coefficient (Wildman–Crippen LogP) is 2.74. The normalized spacial score (nSPS) is 31.8. The van der Waals surface area contributed by atoms with Crippen LogP contribution in [0.25, 0.3) is 0 Å². The summed E-state index contributed by atoms with van der Waals surface area (Å²) in [5, 5.41) is 0. The van der Waals surface area contributed by atoms with Gasteiger partial charge in [-0.25, -0.2) is 0 Å². The Hall–Kier alpha value is -0.860. The molecule has 1 aliphatic carbocycles. The molecular formula is C16H23NO. The molecule has 1 saturated carbocycles. The lowest BCUT2D eigenvalue weighted by Gasteiger charge is -2.30. The maximum atomic E-state index is 6.64. The van der Waals surface area contributed by atoms with E-state index in [0.717, 1.165) is 25.4 Å². The smallest absolute Gasteiger partial charge is 0.0786 e. The number of benzene rings is 1. The monoisotopic (exact) mass is 245 g/mol. The first kappa shape index (κ1) is 12.2. The third-order valence-corrected chi connectivity index (χ3v) is 4.59. The van der Waals surface area contributed by atoms with Crippen molar-refractivity contribution in [2.75, 3.05) is 6.61 Å². The second-order valence-electron chi connectivity index (χ2n) is 6.21. The minimum atomic E-state index is -0.136. The minimum absolute atomic E-state index is 0.136. The van der Waals surface area contributed by atoms with Gasteiger partial charge in [0.15, 0.2) is 0 Å². The summed E-state index contributed by atoms with van der Waals surface area (Å²) in [6, 6.07) is 6.71. The van der Waals surface area contributed by atoms with E-state index in [-0.39, 0.29) is 5.54 Å². The molecule has 0 amide bonds. The van der Waals surface area contributed by atoms with Gasteiger partial charge in [-0.1, -0.05) is 18.2 Å². The van der Waals surface area contributed by atoms with Crippen LogP contribution in [0.4, 0.5) is 0 Å². The van der Waals surface area contributed by atoms with Gasteiger partial charge in [0.25, 0.3) is 0 Å². The standard InChI is InChI=1S/C16H23NO/c1-11-3-4-13(9-12(11)2)10-16(17)7-8-18-15(16)14-5-6-14/h3-4,9,14-15H,5-8,10,17H2,1-2H3. The van der Waals surface area contributed by atoms with Gasteiger partial charge < -0.3 is 10.5 Å². The summed E-state index contributed by atoms with van der Waals surface area (Å²) < 4.78 is 5.89. The van der Waals surface area contributed by atoms with Crippen LogP contribution >= 0.6 is 0 Å². The maximum Gasteiger partial charge on any atom is 0.0786 e. The second kappa shape index (κ2) is 4.36. The van der Waals surface area contributed by atoms with Crippen LogP contribution in [-0.2, 0) is 11.2 Å². The average molecular weight is 245 g/mol. The molecule has 0 bridgehead atoms. The van der Waals surface area contributed by atoms with Crippen LogP contribution in [0.1, 0.15) is 36.0 Å². The lowest BCUT2D eigenvalue weighted by Crippen LogP contribution is -2.50. The second-order valence-corrected chi connectivity index (χ2v) is 6.21. The van der Waals surface area contributed by atoms with Gasteiger partial charge in [0.1, 0.15) is 0 Å². The molecule has 2 fully saturated rings. The van der Waals surface area contributed by atoms with E-state index >= 15 is 0 Å². The Labute approximate surface area is 110 Å². The molecule has 1 aromatic rings. The number of rotatable bonds is 3. The van der Waals surface area contributed by atoms with E-state index in [1.807, 2.05) is 0 Å². The fraction of sp³-hybridized carbons (Fsp3) is 0.625. The lowest BCUT2D eigenvalue weighted by atomic mass is 9.83. The summed E-state index contributed by atoms with van der Waals surface area (Å²) in [6.45, 7) is 5.16. The van der Waals surface area contributed by atoms with Crippen molar-refractivity contribution in [1.82, 2.24) is 0 Å². The average Bonchev–Trinajstić information content (AvgIpc) is 3.08. The zero-order valence-electron chi connectivity index (χ0n) is 11.4. The zero-order valence-corrected chi connectivity index (χ0v) is 11.4. The molecule has 1 heterocycles. The molecule has 1 aliphatic heterocycles. The van der Waals surface area contributed by atoms with Gasteiger partial charge in [-0.2, -0.15) is 0 Å². The van der Waals surface area contributed by atoms with E-state index in [1.165, 1.54) is 29.5 Å². The molecule has 2 heteroatoms. The van der Waals surface area contributed by atoms with Gasteiger partial charge in [-0.15, -0.1) is 0 Å². The Morgan fingerprint density at radius 3 is 2.72 bits per heavy atom. The summed E-state index contributed by atoms with van der Waals surface area (Å²) in [5.74, 6) is 0.726. The minimum Gasteiger partial charge on any atom is -0.376 e. The van der Waals surface area contributed by atoms with Gasteiger partial charge in [-0.05, 0) is 62.1 Å². The SMILES string of the molecule is Cc1ccc(CC2(N)CCOC2C2CC2)cc1C. The van der Waals surface area contributed by atoms with Gasteiger partial charge in [-0.3, -0.25) is 0 Å². The first-order valence-corrected chi connectivity index (χ1v) is 7.05. The quantitative estimate of drug-likeness (QED) is 0.888. The van der Waals surface area contributed by atoms with Gasteiger partial charge in [0.05, 0.1) is 6.10 Å². The van der Waals surface area contributed by atoms with Crippen molar-refractivity contribution in [3.8, 4) is 0 Å². The number of nitrogens with two attached hydrogens (primary N) is 1. The number of ether oxygens (including phenoxy) is 1. The molecule has 3 rings (SSSR count). The highest BCUT2D eigenvalue weighted by atomic mass is 16.5. The molecular weight excluding hydrogens is 222 g/mol. The Kier molecular flexibility index (Phi) is 2.95. The van der Waals surface area contributed by atoms with Crippen molar-refractivity contribution in [2.24, 2.45) is 11.7 Å². The molecule has 0 radical (unpaired) electrons. The van der Waals surface area contributed by atoms with Crippen molar-refractivity contribution < 1.29 is 4.74 Å². The molecule has 1 aromatic carbocycles. The molecule has 2 atom stereocenters. The van der Waals surface area contributed by atoms with Crippen molar-refractivity contribution >= 4 is 0 Å². The highest BCUT2D eigenvalue weighted by molar-refractivity contribution is 5.31. The largest absolute Gasteiger partial charge is 0.376 e. The van der Waals surface area contributed by atoms with Gasteiger partial charge in [0.2, 0.25) is 0 Å². The van der Waals surface area contributed by atoms with Crippen LogP contribution in [0.3, 0.4) is 0 Å². The lowest BCUT2D eigenvalue weighted by molar-refractivity contribution is 0.0626. The van der Waals surface area contributed by atoms with E-state index in [4.69, 9.17) is 10.5 Å². The van der Waals surface area contributed by atoms with E-state index in [2.05, 4.69) is 32.0 Å². The van der Waals surface area contributed by atoms with E-state index < -0.39 is 0 Å². The Bertz CT molecular complexity index is 452. The fourth-order valence-corrected chi connectivity index (χ4v) is 3.17.